The van der Waals surface area contributed by atoms with Crippen molar-refractivity contribution in [3.8, 4) is 0 Å². The molecule has 22 heavy (non-hydrogen) atoms. The number of anilines is 1. The lowest BCUT2D eigenvalue weighted by Crippen LogP contribution is -2.43. The largest absolute Gasteiger partial charge is 0.345 e. The Kier molecular flexibility index (Phi) is 5.45. The third-order valence-corrected chi connectivity index (χ3v) is 6.22. The fourth-order valence-corrected chi connectivity index (χ4v) is 4.82. The van der Waals surface area contributed by atoms with Crippen molar-refractivity contribution >= 4 is 32.9 Å². The Hall–Kier alpha value is -1.14. The molecule has 1 N–H and O–H groups in total. The average molecular weight is 341 g/mol. The highest BCUT2D eigenvalue weighted by molar-refractivity contribution is 7.91. The molecule has 1 aromatic carbocycles. The zero-order valence-corrected chi connectivity index (χ0v) is 15.1. The van der Waals surface area contributed by atoms with E-state index in [-0.39, 0.29) is 17.5 Å². The van der Waals surface area contributed by atoms with Gasteiger partial charge in [0.2, 0.25) is 0 Å². The van der Waals surface area contributed by atoms with Crippen LogP contribution in [-0.2, 0) is 9.84 Å². The smallest absolute Gasteiger partial charge is 0.173 e. The summed E-state index contributed by atoms with van der Waals surface area (Å²) in [6.07, 6.45) is 1.60. The van der Waals surface area contributed by atoms with Crippen LogP contribution in [0.1, 0.15) is 30.9 Å². The number of nitrogens with zero attached hydrogens (tertiary/aromatic N) is 1. The van der Waals surface area contributed by atoms with Crippen molar-refractivity contribution in [3.05, 3.63) is 29.3 Å². The van der Waals surface area contributed by atoms with Crippen molar-refractivity contribution in [1.29, 1.82) is 0 Å². The van der Waals surface area contributed by atoms with Gasteiger partial charge in [-0.05, 0) is 62.2 Å². The standard InChI is InChI=1S/C16H24N2O2S2/c1-4-8-18(15-7-9-22(19,20)11-15)16(21)17-14-6-5-12(2)13(3)10-14/h5-6,10,15H,4,7-9,11H2,1-3H3,(H,17,21)/t15-/m1/s1. The van der Waals surface area contributed by atoms with E-state index in [4.69, 9.17) is 12.2 Å². The zero-order valence-electron chi connectivity index (χ0n) is 13.4. The highest BCUT2D eigenvalue weighted by atomic mass is 32.2. The first-order chi connectivity index (χ1) is 10.3. The maximum Gasteiger partial charge on any atom is 0.173 e. The fourth-order valence-electron chi connectivity index (χ4n) is 2.73. The molecule has 1 aliphatic heterocycles. The molecule has 4 nitrogen and oxygen atoms in total. The summed E-state index contributed by atoms with van der Waals surface area (Å²) < 4.78 is 23.4. The molecule has 0 aromatic heterocycles. The topological polar surface area (TPSA) is 49.4 Å². The SMILES string of the molecule is CCCN(C(=S)Nc1ccc(C)c(C)c1)[C@@H]1CCS(=O)(=O)C1. The molecule has 1 aliphatic rings. The minimum absolute atomic E-state index is 0.00325. The normalized spacial score (nSPS) is 19.9. The van der Waals surface area contributed by atoms with Crippen LogP contribution < -0.4 is 5.32 Å². The number of sulfone groups is 1. The number of thiocarbonyl (C=S) groups is 1. The summed E-state index contributed by atoms with van der Waals surface area (Å²) in [5.41, 5.74) is 3.40. The number of rotatable bonds is 4. The van der Waals surface area contributed by atoms with Crippen molar-refractivity contribution in [3.63, 3.8) is 0 Å². The summed E-state index contributed by atoms with van der Waals surface area (Å²) in [4.78, 5) is 2.04. The van der Waals surface area contributed by atoms with Crippen LogP contribution in [0.3, 0.4) is 0 Å². The average Bonchev–Trinajstić information content (AvgIpc) is 2.80. The minimum atomic E-state index is -2.91. The minimum Gasteiger partial charge on any atom is -0.345 e. The van der Waals surface area contributed by atoms with Gasteiger partial charge in [-0.15, -0.1) is 0 Å². The lowest BCUT2D eigenvalue weighted by Gasteiger charge is -2.30. The first kappa shape index (κ1) is 17.2. The molecule has 0 amide bonds. The number of hydrogen-bond donors (Lipinski definition) is 1. The van der Waals surface area contributed by atoms with Crippen LogP contribution in [0.5, 0.6) is 0 Å². The summed E-state index contributed by atoms with van der Waals surface area (Å²) in [7, 11) is -2.91. The molecule has 2 rings (SSSR count). The molecule has 0 saturated carbocycles. The highest BCUT2D eigenvalue weighted by Crippen LogP contribution is 2.20. The van der Waals surface area contributed by atoms with E-state index < -0.39 is 9.84 Å². The van der Waals surface area contributed by atoms with Crippen molar-refractivity contribution in [1.82, 2.24) is 4.90 Å². The molecule has 1 heterocycles. The van der Waals surface area contributed by atoms with Gasteiger partial charge >= 0.3 is 0 Å². The molecule has 0 unspecified atom stereocenters. The van der Waals surface area contributed by atoms with Gasteiger partial charge in [0.1, 0.15) is 0 Å². The molecule has 0 spiro atoms. The van der Waals surface area contributed by atoms with Gasteiger partial charge in [0, 0.05) is 18.3 Å². The van der Waals surface area contributed by atoms with Crippen LogP contribution in [0.25, 0.3) is 0 Å². The second kappa shape index (κ2) is 6.96. The van der Waals surface area contributed by atoms with E-state index in [0.717, 1.165) is 18.7 Å². The second-order valence-electron chi connectivity index (χ2n) is 5.98. The van der Waals surface area contributed by atoms with Gasteiger partial charge in [0.15, 0.2) is 14.9 Å². The van der Waals surface area contributed by atoms with Crippen molar-refractivity contribution in [2.24, 2.45) is 0 Å². The molecule has 0 aliphatic carbocycles. The van der Waals surface area contributed by atoms with Gasteiger partial charge in [-0.1, -0.05) is 13.0 Å². The predicted molar refractivity (Wildman–Crippen MR) is 96.2 cm³/mol. The molecule has 1 saturated heterocycles. The van der Waals surface area contributed by atoms with Crippen LogP contribution >= 0.6 is 12.2 Å². The Morgan fingerprint density at radius 2 is 2.09 bits per heavy atom. The van der Waals surface area contributed by atoms with E-state index in [1.54, 1.807) is 0 Å². The Bertz CT molecular complexity index is 656. The van der Waals surface area contributed by atoms with Gasteiger partial charge in [-0.3, -0.25) is 0 Å². The maximum atomic E-state index is 11.7. The third kappa shape index (κ3) is 4.20. The Morgan fingerprint density at radius 1 is 1.36 bits per heavy atom. The van der Waals surface area contributed by atoms with Crippen LogP contribution in [0, 0.1) is 13.8 Å². The van der Waals surface area contributed by atoms with E-state index in [2.05, 4.69) is 38.2 Å². The molecule has 1 fully saturated rings. The summed E-state index contributed by atoms with van der Waals surface area (Å²) in [5.74, 6) is 0.478. The van der Waals surface area contributed by atoms with E-state index >= 15 is 0 Å². The van der Waals surface area contributed by atoms with E-state index in [1.165, 1.54) is 11.1 Å². The lowest BCUT2D eigenvalue weighted by molar-refractivity contribution is 0.339. The van der Waals surface area contributed by atoms with Crippen molar-refractivity contribution in [2.45, 2.75) is 39.7 Å². The summed E-state index contributed by atoms with van der Waals surface area (Å²) in [6, 6.07) is 6.13. The van der Waals surface area contributed by atoms with E-state index in [1.807, 2.05) is 11.0 Å². The molecular weight excluding hydrogens is 316 g/mol. The summed E-state index contributed by atoms with van der Waals surface area (Å²) in [5, 5.41) is 3.88. The number of benzene rings is 1. The van der Waals surface area contributed by atoms with Crippen LogP contribution in [0.15, 0.2) is 18.2 Å². The molecular formula is C16H24N2O2S2. The predicted octanol–water partition coefficient (Wildman–Crippen LogP) is 2.90. The van der Waals surface area contributed by atoms with Crippen molar-refractivity contribution < 1.29 is 8.42 Å². The monoisotopic (exact) mass is 340 g/mol. The fraction of sp³-hybridized carbons (Fsp3) is 0.562. The van der Waals surface area contributed by atoms with Crippen LogP contribution in [0.4, 0.5) is 5.69 Å². The zero-order chi connectivity index (χ0) is 16.3. The maximum absolute atomic E-state index is 11.7. The van der Waals surface area contributed by atoms with E-state index in [9.17, 15) is 8.42 Å². The first-order valence-corrected chi connectivity index (χ1v) is 9.90. The van der Waals surface area contributed by atoms with Gasteiger partial charge in [-0.25, -0.2) is 8.42 Å². The second-order valence-corrected chi connectivity index (χ2v) is 8.59. The Balaban J connectivity index is 2.11. The van der Waals surface area contributed by atoms with Gasteiger partial charge < -0.3 is 10.2 Å². The summed E-state index contributed by atoms with van der Waals surface area (Å²) in [6.45, 7) is 6.99. The third-order valence-electron chi connectivity index (χ3n) is 4.13. The Labute approximate surface area is 138 Å². The number of aryl methyl sites for hydroxylation is 2. The number of nitrogens with one attached hydrogen (secondary N) is 1. The molecule has 1 atom stereocenters. The highest BCUT2D eigenvalue weighted by Gasteiger charge is 2.33. The summed E-state index contributed by atoms with van der Waals surface area (Å²) >= 11 is 5.53. The van der Waals surface area contributed by atoms with Crippen LogP contribution in [0.2, 0.25) is 0 Å². The quantitative estimate of drug-likeness (QED) is 0.854. The van der Waals surface area contributed by atoms with Gasteiger partial charge in [-0.2, -0.15) is 0 Å². The van der Waals surface area contributed by atoms with Crippen LogP contribution in [-0.4, -0.2) is 42.5 Å². The lowest BCUT2D eigenvalue weighted by atomic mass is 10.1. The molecule has 0 radical (unpaired) electrons. The first-order valence-electron chi connectivity index (χ1n) is 7.67. The molecule has 122 valence electrons. The molecule has 0 bridgehead atoms. The van der Waals surface area contributed by atoms with E-state index in [0.29, 0.717) is 11.5 Å². The van der Waals surface area contributed by atoms with Gasteiger partial charge in [0.25, 0.3) is 0 Å². The Morgan fingerprint density at radius 3 is 2.64 bits per heavy atom. The van der Waals surface area contributed by atoms with Crippen molar-refractivity contribution in [2.75, 3.05) is 23.4 Å². The molecule has 6 heteroatoms. The van der Waals surface area contributed by atoms with Gasteiger partial charge in [0.05, 0.1) is 11.5 Å². The molecule has 1 aromatic rings. The number of hydrogen-bond acceptors (Lipinski definition) is 3.